The van der Waals surface area contributed by atoms with Crippen LogP contribution in [0, 0.1) is 5.92 Å². The van der Waals surface area contributed by atoms with E-state index in [0.717, 1.165) is 0 Å². The monoisotopic (exact) mass is 272 g/mol. The summed E-state index contributed by atoms with van der Waals surface area (Å²) in [5.41, 5.74) is 0.220. The number of carbonyl (C=O) groups excluding carboxylic acids is 2. The molecule has 0 aromatic carbocycles. The van der Waals surface area contributed by atoms with Crippen molar-refractivity contribution in [2.45, 2.75) is 19.9 Å². The summed E-state index contributed by atoms with van der Waals surface area (Å²) in [5.74, 6) is -0.818. The number of anilines is 1. The normalized spacial score (nSPS) is 12.1. The van der Waals surface area contributed by atoms with E-state index < -0.39 is 12.0 Å². The van der Waals surface area contributed by atoms with Crippen molar-refractivity contribution in [3.05, 3.63) is 11.1 Å². The van der Waals surface area contributed by atoms with Crippen molar-refractivity contribution in [2.24, 2.45) is 5.92 Å². The molecule has 0 aliphatic carbocycles. The quantitative estimate of drug-likeness (QED) is 0.819. The summed E-state index contributed by atoms with van der Waals surface area (Å²) in [5, 5.41) is 5.01. The molecule has 1 atom stereocenters. The Balaban J connectivity index is 2.79. The number of carbonyl (C=O) groups is 2. The van der Waals surface area contributed by atoms with E-state index in [4.69, 9.17) is 4.74 Å². The maximum atomic E-state index is 11.6. The van der Waals surface area contributed by atoms with E-state index in [0.29, 0.717) is 5.13 Å². The standard InChI is InChI=1S/C11H16N2O4S/c1-6(2)8(10(15)17-4)13-11-12-7(5-18-11)9(14)16-3/h5-6,8H,1-4H3,(H,12,13). The van der Waals surface area contributed by atoms with E-state index in [1.165, 1.54) is 25.6 Å². The summed E-state index contributed by atoms with van der Waals surface area (Å²) < 4.78 is 9.26. The number of ether oxygens (including phenoxy) is 2. The fraction of sp³-hybridized carbons (Fsp3) is 0.545. The highest BCUT2D eigenvalue weighted by atomic mass is 32.1. The average Bonchev–Trinajstić information content (AvgIpc) is 2.82. The summed E-state index contributed by atoms with van der Waals surface area (Å²) in [6, 6.07) is -0.494. The summed E-state index contributed by atoms with van der Waals surface area (Å²) in [6.07, 6.45) is 0. The van der Waals surface area contributed by atoms with Gasteiger partial charge < -0.3 is 14.8 Å². The molecule has 100 valence electrons. The average molecular weight is 272 g/mol. The second-order valence-corrected chi connectivity index (χ2v) is 4.78. The molecule has 0 bridgehead atoms. The predicted octanol–water partition coefficient (Wildman–Crippen LogP) is 1.54. The molecule has 1 heterocycles. The Bertz CT molecular complexity index is 430. The van der Waals surface area contributed by atoms with E-state index in [2.05, 4.69) is 15.0 Å². The van der Waals surface area contributed by atoms with Gasteiger partial charge >= 0.3 is 11.9 Å². The first-order valence-electron chi connectivity index (χ1n) is 5.37. The van der Waals surface area contributed by atoms with Gasteiger partial charge in [0.15, 0.2) is 10.8 Å². The van der Waals surface area contributed by atoms with Gasteiger partial charge in [-0.1, -0.05) is 13.8 Å². The molecule has 1 unspecified atom stereocenters. The van der Waals surface area contributed by atoms with Crippen LogP contribution in [0.5, 0.6) is 0 Å². The van der Waals surface area contributed by atoms with Crippen molar-refractivity contribution >= 4 is 28.4 Å². The Hall–Kier alpha value is -1.63. The van der Waals surface area contributed by atoms with Crippen LogP contribution in [-0.4, -0.2) is 37.2 Å². The number of methoxy groups -OCH3 is 2. The van der Waals surface area contributed by atoms with Crippen LogP contribution in [0.15, 0.2) is 5.38 Å². The Morgan fingerprint density at radius 2 is 2.00 bits per heavy atom. The number of thiazole rings is 1. The Labute approximate surface area is 109 Å². The van der Waals surface area contributed by atoms with Crippen molar-refractivity contribution in [1.82, 2.24) is 4.98 Å². The third-order valence-corrected chi connectivity index (χ3v) is 3.07. The number of hydrogen-bond acceptors (Lipinski definition) is 7. The number of nitrogens with zero attached hydrogens (tertiary/aromatic N) is 1. The van der Waals surface area contributed by atoms with Gasteiger partial charge in [0.2, 0.25) is 0 Å². The van der Waals surface area contributed by atoms with Gasteiger partial charge in [0.05, 0.1) is 14.2 Å². The van der Waals surface area contributed by atoms with Crippen molar-refractivity contribution in [3.63, 3.8) is 0 Å². The molecular weight excluding hydrogens is 256 g/mol. The molecule has 0 aliphatic heterocycles. The molecule has 7 heteroatoms. The SMILES string of the molecule is COC(=O)c1csc(NC(C(=O)OC)C(C)C)n1. The summed E-state index contributed by atoms with van der Waals surface area (Å²) in [7, 11) is 2.63. The fourth-order valence-electron chi connectivity index (χ4n) is 1.30. The van der Waals surface area contributed by atoms with Gasteiger partial charge in [0, 0.05) is 5.38 Å². The van der Waals surface area contributed by atoms with E-state index >= 15 is 0 Å². The van der Waals surface area contributed by atoms with Gasteiger partial charge in [-0.05, 0) is 5.92 Å². The van der Waals surface area contributed by atoms with Crippen molar-refractivity contribution < 1.29 is 19.1 Å². The first kappa shape index (κ1) is 14.4. The van der Waals surface area contributed by atoms with E-state index in [-0.39, 0.29) is 17.6 Å². The van der Waals surface area contributed by atoms with Crippen LogP contribution in [0.25, 0.3) is 0 Å². The largest absolute Gasteiger partial charge is 0.467 e. The Morgan fingerprint density at radius 3 is 2.50 bits per heavy atom. The molecule has 18 heavy (non-hydrogen) atoms. The van der Waals surface area contributed by atoms with Crippen LogP contribution >= 0.6 is 11.3 Å². The molecule has 0 amide bonds. The second-order valence-electron chi connectivity index (χ2n) is 3.92. The van der Waals surface area contributed by atoms with Gasteiger partial charge in [-0.25, -0.2) is 14.6 Å². The highest BCUT2D eigenvalue weighted by Gasteiger charge is 2.24. The zero-order chi connectivity index (χ0) is 13.7. The zero-order valence-electron chi connectivity index (χ0n) is 10.7. The lowest BCUT2D eigenvalue weighted by molar-refractivity contribution is -0.142. The lowest BCUT2D eigenvalue weighted by Crippen LogP contribution is -2.35. The first-order chi connectivity index (χ1) is 8.49. The lowest BCUT2D eigenvalue weighted by Gasteiger charge is -2.18. The highest BCUT2D eigenvalue weighted by molar-refractivity contribution is 7.13. The second kappa shape index (κ2) is 6.34. The molecule has 1 aromatic rings. The smallest absolute Gasteiger partial charge is 0.357 e. The van der Waals surface area contributed by atoms with Crippen molar-refractivity contribution in [2.75, 3.05) is 19.5 Å². The molecule has 1 N–H and O–H groups in total. The zero-order valence-corrected chi connectivity index (χ0v) is 11.5. The molecule has 6 nitrogen and oxygen atoms in total. The highest BCUT2D eigenvalue weighted by Crippen LogP contribution is 2.19. The van der Waals surface area contributed by atoms with E-state index in [1.807, 2.05) is 13.8 Å². The lowest BCUT2D eigenvalue weighted by atomic mass is 10.1. The number of nitrogens with one attached hydrogen (secondary N) is 1. The van der Waals surface area contributed by atoms with Crippen LogP contribution in [0.1, 0.15) is 24.3 Å². The van der Waals surface area contributed by atoms with E-state index in [9.17, 15) is 9.59 Å². The minimum atomic E-state index is -0.501. The van der Waals surface area contributed by atoms with Crippen molar-refractivity contribution in [1.29, 1.82) is 0 Å². The molecule has 0 saturated heterocycles. The number of aromatic nitrogens is 1. The predicted molar refractivity (Wildman–Crippen MR) is 67.7 cm³/mol. The molecule has 0 radical (unpaired) electrons. The molecule has 0 aliphatic rings. The molecule has 1 aromatic heterocycles. The van der Waals surface area contributed by atoms with Crippen molar-refractivity contribution in [3.8, 4) is 0 Å². The Morgan fingerprint density at radius 1 is 1.33 bits per heavy atom. The molecule has 0 spiro atoms. The van der Waals surface area contributed by atoms with Gasteiger partial charge in [0.25, 0.3) is 0 Å². The summed E-state index contributed by atoms with van der Waals surface area (Å²) in [6.45, 7) is 3.78. The third-order valence-electron chi connectivity index (χ3n) is 2.30. The number of hydrogen-bond donors (Lipinski definition) is 1. The maximum Gasteiger partial charge on any atom is 0.357 e. The maximum absolute atomic E-state index is 11.6. The number of rotatable bonds is 5. The van der Waals surface area contributed by atoms with Crippen LogP contribution in [0.3, 0.4) is 0 Å². The minimum absolute atomic E-state index is 0.0444. The molecule has 1 rings (SSSR count). The Kier molecular flexibility index (Phi) is 5.08. The van der Waals surface area contributed by atoms with Gasteiger partial charge in [-0.2, -0.15) is 0 Å². The third kappa shape index (κ3) is 3.43. The minimum Gasteiger partial charge on any atom is -0.467 e. The molecule has 0 fully saturated rings. The van der Waals surface area contributed by atoms with Gasteiger partial charge in [-0.3, -0.25) is 0 Å². The molecular formula is C11H16N2O4S. The molecule has 0 saturated carbocycles. The summed E-state index contributed by atoms with van der Waals surface area (Å²) in [4.78, 5) is 26.8. The van der Waals surface area contributed by atoms with E-state index in [1.54, 1.807) is 5.38 Å². The van der Waals surface area contributed by atoms with Gasteiger partial charge in [0.1, 0.15) is 6.04 Å². The topological polar surface area (TPSA) is 77.5 Å². The van der Waals surface area contributed by atoms with Crippen LogP contribution in [0.2, 0.25) is 0 Å². The van der Waals surface area contributed by atoms with Crippen LogP contribution < -0.4 is 5.32 Å². The number of esters is 2. The summed E-state index contributed by atoms with van der Waals surface area (Å²) >= 11 is 1.24. The first-order valence-corrected chi connectivity index (χ1v) is 6.25. The van der Waals surface area contributed by atoms with Gasteiger partial charge in [-0.15, -0.1) is 11.3 Å². The fourth-order valence-corrected chi connectivity index (χ4v) is 2.01. The van der Waals surface area contributed by atoms with Crippen LogP contribution in [0.4, 0.5) is 5.13 Å². The van der Waals surface area contributed by atoms with Crippen LogP contribution in [-0.2, 0) is 14.3 Å².